The fraction of sp³-hybridized carbons (Fsp3) is 0.762. The minimum Gasteiger partial charge on any atom is -0.300 e. The predicted octanol–water partition coefficient (Wildman–Crippen LogP) is 4.97. The summed E-state index contributed by atoms with van der Waals surface area (Å²) in [5.74, 6) is 0.854. The number of hydrogen-bond donors (Lipinski definition) is 0. The van der Waals surface area contributed by atoms with Crippen molar-refractivity contribution in [3.05, 3.63) is 29.6 Å². The number of piperidine rings is 1. The first-order valence-electron chi connectivity index (χ1n) is 9.71. The van der Waals surface area contributed by atoms with Crippen LogP contribution in [0.2, 0.25) is 0 Å². The van der Waals surface area contributed by atoms with E-state index < -0.39 is 0 Å². The summed E-state index contributed by atoms with van der Waals surface area (Å²) in [5, 5.41) is 0. The Hall–Kier alpha value is -0.890. The van der Waals surface area contributed by atoms with E-state index >= 15 is 0 Å². The average Bonchev–Trinajstić information content (AvgIpc) is 2.56. The van der Waals surface area contributed by atoms with Gasteiger partial charge in [-0.05, 0) is 67.7 Å². The zero-order chi connectivity index (χ0) is 16.3. The van der Waals surface area contributed by atoms with E-state index in [1.54, 1.807) is 0 Å². The largest absolute Gasteiger partial charge is 0.300 e. The molecule has 0 unspecified atom stereocenters. The highest BCUT2D eigenvalue weighted by Crippen LogP contribution is 2.29. The van der Waals surface area contributed by atoms with Crippen LogP contribution in [0.4, 0.5) is 0 Å². The van der Waals surface area contributed by atoms with Crippen LogP contribution in [-0.4, -0.2) is 29.0 Å². The van der Waals surface area contributed by atoms with Gasteiger partial charge < -0.3 is 4.90 Å². The maximum absolute atomic E-state index is 4.49. The molecule has 2 heteroatoms. The zero-order valence-corrected chi connectivity index (χ0v) is 15.4. The van der Waals surface area contributed by atoms with E-state index in [-0.39, 0.29) is 5.41 Å². The Bertz CT molecular complexity index is 489. The average molecular weight is 315 g/mol. The molecule has 0 aromatic carbocycles. The molecule has 1 saturated heterocycles. The first-order valence-corrected chi connectivity index (χ1v) is 9.71. The molecule has 1 aliphatic heterocycles. The smallest absolute Gasteiger partial charge is 0.0305 e. The second-order valence-corrected chi connectivity index (χ2v) is 8.81. The lowest BCUT2D eigenvalue weighted by atomic mass is 9.84. The molecule has 0 atom stereocenters. The van der Waals surface area contributed by atoms with Crippen molar-refractivity contribution in [2.75, 3.05) is 13.1 Å². The van der Waals surface area contributed by atoms with Crippen LogP contribution in [0.3, 0.4) is 0 Å². The lowest BCUT2D eigenvalue weighted by Gasteiger charge is -2.39. The first-order chi connectivity index (χ1) is 11.0. The summed E-state index contributed by atoms with van der Waals surface area (Å²) in [7, 11) is 0. The van der Waals surface area contributed by atoms with E-state index in [4.69, 9.17) is 0 Å². The van der Waals surface area contributed by atoms with Crippen LogP contribution >= 0.6 is 0 Å². The van der Waals surface area contributed by atoms with Crippen molar-refractivity contribution in [2.45, 2.75) is 83.6 Å². The van der Waals surface area contributed by atoms with Crippen LogP contribution in [0.15, 0.2) is 18.5 Å². The molecule has 23 heavy (non-hydrogen) atoms. The third kappa shape index (κ3) is 4.56. The summed E-state index contributed by atoms with van der Waals surface area (Å²) >= 11 is 0. The summed E-state index contributed by atoms with van der Waals surface area (Å²) in [6.45, 7) is 9.47. The Morgan fingerprint density at radius 2 is 1.70 bits per heavy atom. The molecule has 1 saturated carbocycles. The van der Waals surface area contributed by atoms with Gasteiger partial charge >= 0.3 is 0 Å². The quantitative estimate of drug-likeness (QED) is 0.783. The molecular formula is C21H34N2. The maximum Gasteiger partial charge on any atom is 0.0305 e. The van der Waals surface area contributed by atoms with Gasteiger partial charge in [0.2, 0.25) is 0 Å². The van der Waals surface area contributed by atoms with Gasteiger partial charge in [0.15, 0.2) is 0 Å². The number of rotatable bonds is 3. The molecule has 0 amide bonds. The molecule has 2 aliphatic rings. The van der Waals surface area contributed by atoms with Crippen LogP contribution in [0.1, 0.15) is 76.8 Å². The van der Waals surface area contributed by atoms with Crippen molar-refractivity contribution in [1.29, 1.82) is 0 Å². The normalized spacial score (nSPS) is 22.4. The number of pyridine rings is 1. The second kappa shape index (κ2) is 7.34. The number of aromatic nitrogens is 1. The van der Waals surface area contributed by atoms with E-state index in [9.17, 15) is 0 Å². The molecule has 2 fully saturated rings. The summed E-state index contributed by atoms with van der Waals surface area (Å²) in [4.78, 5) is 7.29. The summed E-state index contributed by atoms with van der Waals surface area (Å²) < 4.78 is 0. The van der Waals surface area contributed by atoms with E-state index in [0.29, 0.717) is 0 Å². The number of nitrogens with zero attached hydrogens (tertiary/aromatic N) is 2. The Balaban J connectivity index is 1.52. The van der Waals surface area contributed by atoms with Crippen molar-refractivity contribution >= 4 is 0 Å². The molecule has 0 spiro atoms. The van der Waals surface area contributed by atoms with Gasteiger partial charge in [0, 0.05) is 18.4 Å². The summed E-state index contributed by atoms with van der Waals surface area (Å²) in [6, 6.07) is 3.29. The fourth-order valence-electron chi connectivity index (χ4n) is 4.31. The Labute approximate surface area is 142 Å². The zero-order valence-electron chi connectivity index (χ0n) is 15.4. The Kier molecular flexibility index (Phi) is 5.41. The van der Waals surface area contributed by atoms with Crippen LogP contribution in [0, 0.1) is 5.92 Å². The van der Waals surface area contributed by atoms with Crippen molar-refractivity contribution < 1.29 is 0 Å². The molecule has 0 N–H and O–H groups in total. The van der Waals surface area contributed by atoms with Gasteiger partial charge in [-0.1, -0.05) is 46.1 Å². The van der Waals surface area contributed by atoms with E-state index in [1.807, 2.05) is 6.20 Å². The van der Waals surface area contributed by atoms with Crippen molar-refractivity contribution in [3.63, 3.8) is 0 Å². The summed E-state index contributed by atoms with van der Waals surface area (Å²) in [6.07, 6.45) is 15.3. The minimum absolute atomic E-state index is 0.202. The van der Waals surface area contributed by atoms with E-state index in [0.717, 1.165) is 12.0 Å². The summed E-state index contributed by atoms with van der Waals surface area (Å²) in [5.41, 5.74) is 3.01. The highest BCUT2D eigenvalue weighted by Gasteiger charge is 2.26. The molecular weight excluding hydrogens is 280 g/mol. The van der Waals surface area contributed by atoms with Gasteiger partial charge in [0.25, 0.3) is 0 Å². The van der Waals surface area contributed by atoms with Crippen LogP contribution in [0.25, 0.3) is 0 Å². The molecule has 128 valence electrons. The van der Waals surface area contributed by atoms with Crippen LogP contribution in [-0.2, 0) is 11.8 Å². The third-order valence-corrected chi connectivity index (χ3v) is 5.93. The second-order valence-electron chi connectivity index (χ2n) is 8.81. The molecule has 1 aromatic heterocycles. The van der Waals surface area contributed by atoms with Crippen LogP contribution in [0.5, 0.6) is 0 Å². The Morgan fingerprint density at radius 3 is 2.35 bits per heavy atom. The molecule has 1 aromatic rings. The molecule has 2 heterocycles. The van der Waals surface area contributed by atoms with Gasteiger partial charge in [0.05, 0.1) is 0 Å². The number of likely N-dealkylation sites (tertiary alicyclic amines) is 1. The first kappa shape index (κ1) is 17.0. The minimum atomic E-state index is 0.202. The molecule has 0 bridgehead atoms. The van der Waals surface area contributed by atoms with Gasteiger partial charge in [-0.15, -0.1) is 0 Å². The lowest BCUT2D eigenvalue weighted by molar-refractivity contribution is 0.107. The van der Waals surface area contributed by atoms with Crippen molar-refractivity contribution in [1.82, 2.24) is 9.88 Å². The number of hydrogen-bond acceptors (Lipinski definition) is 2. The van der Waals surface area contributed by atoms with Gasteiger partial charge in [0.1, 0.15) is 0 Å². The fourth-order valence-corrected chi connectivity index (χ4v) is 4.31. The lowest BCUT2D eigenvalue weighted by Crippen LogP contribution is -2.42. The standard InChI is InChI=1S/C21H34N2/c1-21(2,3)19-14-18(15-22-16-19)13-17-9-11-23(12-10-17)20-7-5-4-6-8-20/h14-17,20H,4-13H2,1-3H3. The third-order valence-electron chi connectivity index (χ3n) is 5.93. The molecule has 0 radical (unpaired) electrons. The topological polar surface area (TPSA) is 16.1 Å². The van der Waals surface area contributed by atoms with E-state index in [2.05, 4.69) is 42.9 Å². The molecule has 3 rings (SSSR count). The SMILES string of the molecule is CC(C)(C)c1cncc(CC2CCN(C3CCCCC3)CC2)c1. The predicted molar refractivity (Wildman–Crippen MR) is 97.8 cm³/mol. The van der Waals surface area contributed by atoms with Gasteiger partial charge in [-0.2, -0.15) is 0 Å². The van der Waals surface area contributed by atoms with E-state index in [1.165, 1.54) is 75.6 Å². The molecule has 2 nitrogen and oxygen atoms in total. The molecule has 1 aliphatic carbocycles. The van der Waals surface area contributed by atoms with Gasteiger partial charge in [-0.3, -0.25) is 4.98 Å². The Morgan fingerprint density at radius 1 is 1.00 bits per heavy atom. The monoisotopic (exact) mass is 314 g/mol. The maximum atomic E-state index is 4.49. The van der Waals surface area contributed by atoms with Crippen molar-refractivity contribution in [3.8, 4) is 0 Å². The highest BCUT2D eigenvalue weighted by molar-refractivity contribution is 5.24. The van der Waals surface area contributed by atoms with Crippen LogP contribution < -0.4 is 0 Å². The van der Waals surface area contributed by atoms with Gasteiger partial charge in [-0.25, -0.2) is 0 Å². The van der Waals surface area contributed by atoms with Crippen molar-refractivity contribution in [2.24, 2.45) is 5.92 Å². The highest BCUT2D eigenvalue weighted by atomic mass is 15.2.